The van der Waals surface area contributed by atoms with E-state index in [2.05, 4.69) is 14.9 Å². The van der Waals surface area contributed by atoms with Crippen molar-refractivity contribution in [2.75, 3.05) is 5.32 Å². The summed E-state index contributed by atoms with van der Waals surface area (Å²) < 4.78 is 3.86. The van der Waals surface area contributed by atoms with Gasteiger partial charge in [0.15, 0.2) is 0 Å². The number of halogens is 1. The van der Waals surface area contributed by atoms with Crippen LogP contribution in [0.3, 0.4) is 0 Å². The first-order valence-electron chi connectivity index (χ1n) is 6.84. The second kappa shape index (κ2) is 6.77. The van der Waals surface area contributed by atoms with Crippen LogP contribution in [0.5, 0.6) is 0 Å². The molecule has 0 saturated heterocycles. The zero-order valence-electron chi connectivity index (χ0n) is 12.2. The lowest BCUT2D eigenvalue weighted by Gasteiger charge is -2.05. The van der Waals surface area contributed by atoms with E-state index in [1.165, 1.54) is 0 Å². The Morgan fingerprint density at radius 1 is 1.04 bits per heavy atom. The molecule has 3 aromatic rings. The van der Waals surface area contributed by atoms with E-state index in [0.717, 1.165) is 17.1 Å². The van der Waals surface area contributed by atoms with E-state index in [1.807, 2.05) is 0 Å². The maximum atomic E-state index is 12.5. The number of carbonyl (C=O) groups is 2. The molecule has 24 heavy (non-hydrogen) atoms. The number of hydrogen-bond acceptors (Lipinski definition) is 5. The van der Waals surface area contributed by atoms with Crippen molar-refractivity contribution in [3.05, 3.63) is 64.0 Å². The average Bonchev–Trinajstić information content (AvgIpc) is 3.06. The predicted octanol–water partition coefficient (Wildman–Crippen LogP) is 3.21. The maximum absolute atomic E-state index is 12.5. The molecule has 2 amide bonds. The van der Waals surface area contributed by atoms with Crippen LogP contribution in [0.2, 0.25) is 5.02 Å². The molecule has 0 aliphatic rings. The van der Waals surface area contributed by atoms with Crippen LogP contribution in [0.25, 0.3) is 11.3 Å². The van der Waals surface area contributed by atoms with Crippen molar-refractivity contribution in [3.63, 3.8) is 0 Å². The average molecular weight is 359 g/mol. The Labute approximate surface area is 146 Å². The quantitative estimate of drug-likeness (QED) is 0.748. The van der Waals surface area contributed by atoms with Crippen LogP contribution in [0.4, 0.5) is 5.69 Å². The largest absolute Gasteiger partial charge is 0.366 e. The number of anilines is 1. The van der Waals surface area contributed by atoms with Crippen LogP contribution in [0.1, 0.15) is 20.0 Å². The smallest absolute Gasteiger partial charge is 0.269 e. The standard InChI is InChI=1S/C16H11ClN4O2S/c17-11-5-1-9(2-6-11)13-14(24-21-20-13)16(23)19-12-7-3-10(4-8-12)15(18)22/h1-8H,(H2,18,22)(H,19,23). The van der Waals surface area contributed by atoms with Gasteiger partial charge in [0.2, 0.25) is 5.91 Å². The summed E-state index contributed by atoms with van der Waals surface area (Å²) in [6.45, 7) is 0. The minimum absolute atomic E-state index is 0.332. The fraction of sp³-hybridized carbons (Fsp3) is 0. The van der Waals surface area contributed by atoms with E-state index < -0.39 is 5.91 Å². The van der Waals surface area contributed by atoms with E-state index in [4.69, 9.17) is 17.3 Å². The molecule has 3 N–H and O–H groups in total. The van der Waals surface area contributed by atoms with E-state index in [1.54, 1.807) is 48.5 Å². The Hall–Kier alpha value is -2.77. The molecular formula is C16H11ClN4O2S. The summed E-state index contributed by atoms with van der Waals surface area (Å²) in [6.07, 6.45) is 0. The first-order valence-corrected chi connectivity index (χ1v) is 7.99. The van der Waals surface area contributed by atoms with Gasteiger partial charge in [0.05, 0.1) is 0 Å². The van der Waals surface area contributed by atoms with Crippen LogP contribution >= 0.6 is 23.1 Å². The number of nitrogens with zero attached hydrogens (tertiary/aromatic N) is 2. The van der Waals surface area contributed by atoms with E-state index in [-0.39, 0.29) is 5.91 Å². The third kappa shape index (κ3) is 3.42. The summed E-state index contributed by atoms with van der Waals surface area (Å²) >= 11 is 6.88. The predicted molar refractivity (Wildman–Crippen MR) is 93.3 cm³/mol. The van der Waals surface area contributed by atoms with Crippen LogP contribution < -0.4 is 11.1 Å². The number of benzene rings is 2. The van der Waals surface area contributed by atoms with Gasteiger partial charge in [0.25, 0.3) is 5.91 Å². The highest BCUT2D eigenvalue weighted by molar-refractivity contribution is 7.08. The molecule has 0 saturated carbocycles. The van der Waals surface area contributed by atoms with Crippen LogP contribution in [0, 0.1) is 0 Å². The van der Waals surface area contributed by atoms with Gasteiger partial charge >= 0.3 is 0 Å². The van der Waals surface area contributed by atoms with Crippen LogP contribution in [-0.2, 0) is 0 Å². The lowest BCUT2D eigenvalue weighted by atomic mass is 10.1. The van der Waals surface area contributed by atoms with E-state index >= 15 is 0 Å². The molecule has 0 unspecified atom stereocenters. The van der Waals surface area contributed by atoms with Gasteiger partial charge in [-0.25, -0.2) is 0 Å². The lowest BCUT2D eigenvalue weighted by molar-refractivity contribution is 0.0998. The monoisotopic (exact) mass is 358 g/mol. The summed E-state index contributed by atoms with van der Waals surface area (Å²) in [5.41, 5.74) is 7.34. The number of primary amides is 1. The second-order valence-electron chi connectivity index (χ2n) is 4.85. The molecule has 120 valence electrons. The summed E-state index contributed by atoms with van der Waals surface area (Å²) in [5, 5.41) is 7.36. The minimum atomic E-state index is -0.524. The van der Waals surface area contributed by atoms with E-state index in [0.29, 0.717) is 26.8 Å². The van der Waals surface area contributed by atoms with Gasteiger partial charge in [0.1, 0.15) is 10.6 Å². The minimum Gasteiger partial charge on any atom is -0.366 e. The van der Waals surface area contributed by atoms with Crippen molar-refractivity contribution in [2.24, 2.45) is 5.73 Å². The molecule has 1 heterocycles. The van der Waals surface area contributed by atoms with Crippen molar-refractivity contribution in [1.82, 2.24) is 9.59 Å². The van der Waals surface area contributed by atoms with Gasteiger partial charge in [0, 0.05) is 21.8 Å². The van der Waals surface area contributed by atoms with Gasteiger partial charge < -0.3 is 11.1 Å². The number of nitrogens with one attached hydrogen (secondary N) is 1. The molecule has 0 radical (unpaired) electrons. The summed E-state index contributed by atoms with van der Waals surface area (Å²) in [6, 6.07) is 13.3. The molecule has 0 aliphatic carbocycles. The van der Waals surface area contributed by atoms with Gasteiger partial charge in [-0.05, 0) is 47.9 Å². The Kier molecular flexibility index (Phi) is 4.54. The zero-order valence-corrected chi connectivity index (χ0v) is 13.8. The summed E-state index contributed by atoms with van der Waals surface area (Å²) in [4.78, 5) is 23.9. The van der Waals surface area contributed by atoms with Crippen molar-refractivity contribution in [1.29, 1.82) is 0 Å². The molecule has 6 nitrogen and oxygen atoms in total. The number of aromatic nitrogens is 2. The van der Waals surface area contributed by atoms with Gasteiger partial charge in [-0.2, -0.15) is 0 Å². The molecule has 1 aromatic heterocycles. The highest BCUT2D eigenvalue weighted by atomic mass is 35.5. The maximum Gasteiger partial charge on any atom is 0.269 e. The molecule has 0 bridgehead atoms. The number of hydrogen-bond donors (Lipinski definition) is 2. The molecule has 0 spiro atoms. The van der Waals surface area contributed by atoms with Crippen LogP contribution in [0.15, 0.2) is 48.5 Å². The zero-order chi connectivity index (χ0) is 17.1. The molecule has 2 aromatic carbocycles. The third-order valence-corrected chi connectivity index (χ3v) is 4.22. The van der Waals surface area contributed by atoms with Gasteiger partial charge in [-0.3, -0.25) is 9.59 Å². The molecule has 3 rings (SSSR count). The molecular weight excluding hydrogens is 348 g/mol. The normalized spacial score (nSPS) is 10.4. The van der Waals surface area contributed by atoms with Crippen molar-refractivity contribution in [3.8, 4) is 11.3 Å². The number of amides is 2. The summed E-state index contributed by atoms with van der Waals surface area (Å²) in [5.74, 6) is -0.855. The Morgan fingerprint density at radius 2 is 1.71 bits per heavy atom. The first kappa shape index (κ1) is 16.1. The number of nitrogens with two attached hydrogens (primary N) is 1. The number of carbonyl (C=O) groups excluding carboxylic acids is 2. The fourth-order valence-corrected chi connectivity index (χ4v) is 2.75. The highest BCUT2D eigenvalue weighted by Gasteiger charge is 2.18. The van der Waals surface area contributed by atoms with E-state index in [9.17, 15) is 9.59 Å². The van der Waals surface area contributed by atoms with Crippen molar-refractivity contribution < 1.29 is 9.59 Å². The lowest BCUT2D eigenvalue weighted by Crippen LogP contribution is -2.13. The fourth-order valence-electron chi connectivity index (χ4n) is 2.04. The molecule has 0 fully saturated rings. The van der Waals surface area contributed by atoms with Gasteiger partial charge in [-0.1, -0.05) is 28.2 Å². The summed E-state index contributed by atoms with van der Waals surface area (Å²) in [7, 11) is 0. The Balaban J connectivity index is 1.82. The Morgan fingerprint density at radius 3 is 2.33 bits per heavy atom. The van der Waals surface area contributed by atoms with Crippen LogP contribution in [-0.4, -0.2) is 21.4 Å². The van der Waals surface area contributed by atoms with Crippen molar-refractivity contribution in [2.45, 2.75) is 0 Å². The molecule has 8 heteroatoms. The second-order valence-corrected chi connectivity index (χ2v) is 6.04. The topological polar surface area (TPSA) is 98.0 Å². The first-order chi connectivity index (χ1) is 11.5. The van der Waals surface area contributed by atoms with Gasteiger partial charge in [-0.15, -0.1) is 5.10 Å². The highest BCUT2D eigenvalue weighted by Crippen LogP contribution is 2.26. The number of rotatable bonds is 4. The van der Waals surface area contributed by atoms with Crippen molar-refractivity contribution >= 4 is 40.6 Å². The SMILES string of the molecule is NC(=O)c1ccc(NC(=O)c2snnc2-c2ccc(Cl)cc2)cc1. The molecule has 0 atom stereocenters. The Bertz CT molecular complexity index is 891. The molecule has 0 aliphatic heterocycles. The third-order valence-electron chi connectivity index (χ3n) is 3.24.